The van der Waals surface area contributed by atoms with Gasteiger partial charge in [0.15, 0.2) is 0 Å². The van der Waals surface area contributed by atoms with E-state index in [9.17, 15) is 0 Å². The second-order valence-corrected chi connectivity index (χ2v) is 5.97. The highest BCUT2D eigenvalue weighted by molar-refractivity contribution is 6.10. The molecule has 2 nitrogen and oxygen atoms in total. The molecule has 0 radical (unpaired) electrons. The third-order valence-corrected chi connectivity index (χ3v) is 4.25. The van der Waals surface area contributed by atoms with Crippen LogP contribution in [0, 0.1) is 0 Å². The zero-order chi connectivity index (χ0) is 15.2. The molecule has 0 saturated carbocycles. The van der Waals surface area contributed by atoms with Crippen molar-refractivity contribution in [3.8, 4) is 5.75 Å². The van der Waals surface area contributed by atoms with Crippen LogP contribution in [0.15, 0.2) is 42.5 Å². The maximum absolute atomic E-state index is 6.07. The van der Waals surface area contributed by atoms with Crippen molar-refractivity contribution >= 4 is 21.8 Å². The molecule has 0 spiro atoms. The van der Waals surface area contributed by atoms with Crippen LogP contribution in [0.1, 0.15) is 45.4 Å². The van der Waals surface area contributed by atoms with Crippen LogP contribution in [0.2, 0.25) is 0 Å². The van der Waals surface area contributed by atoms with E-state index in [1.165, 1.54) is 48.4 Å². The van der Waals surface area contributed by atoms with Gasteiger partial charge in [0.25, 0.3) is 0 Å². The third kappa shape index (κ3) is 3.27. The molecular formula is C20H25NO. The van der Waals surface area contributed by atoms with Gasteiger partial charge in [0.05, 0.1) is 12.1 Å². The van der Waals surface area contributed by atoms with Crippen LogP contribution in [0.4, 0.5) is 0 Å². The molecular weight excluding hydrogens is 270 g/mol. The number of hydrogen-bond donors (Lipinski definition) is 1. The van der Waals surface area contributed by atoms with Gasteiger partial charge in [-0.1, -0.05) is 63.3 Å². The molecule has 2 aromatic carbocycles. The molecule has 0 amide bonds. The SMILES string of the molecule is CCCCCCCCOc1cccc2[nH]c3ccccc3c12. The van der Waals surface area contributed by atoms with Gasteiger partial charge in [-0.15, -0.1) is 0 Å². The van der Waals surface area contributed by atoms with Crippen LogP contribution in [0.25, 0.3) is 21.8 Å². The fourth-order valence-corrected chi connectivity index (χ4v) is 3.05. The molecule has 1 heterocycles. The van der Waals surface area contributed by atoms with Gasteiger partial charge in [-0.25, -0.2) is 0 Å². The Bertz CT molecular complexity index is 729. The second kappa shape index (κ2) is 7.35. The Balaban J connectivity index is 1.66. The molecule has 0 aliphatic carbocycles. The molecule has 1 N–H and O–H groups in total. The predicted octanol–water partition coefficient (Wildman–Crippen LogP) is 6.06. The summed E-state index contributed by atoms with van der Waals surface area (Å²) in [6.45, 7) is 3.07. The molecule has 116 valence electrons. The maximum atomic E-state index is 6.07. The minimum atomic E-state index is 0.810. The van der Waals surface area contributed by atoms with E-state index in [2.05, 4.69) is 54.4 Å². The van der Waals surface area contributed by atoms with E-state index >= 15 is 0 Å². The standard InChI is InChI=1S/C20H25NO/c1-2-3-4-5-6-9-15-22-19-14-10-13-18-20(19)16-11-7-8-12-17(16)21-18/h7-8,10-14,21H,2-6,9,15H2,1H3. The van der Waals surface area contributed by atoms with Gasteiger partial charge < -0.3 is 9.72 Å². The quantitative estimate of drug-likeness (QED) is 0.502. The van der Waals surface area contributed by atoms with Crippen molar-refractivity contribution in [2.75, 3.05) is 6.61 Å². The van der Waals surface area contributed by atoms with Crippen LogP contribution in [0.3, 0.4) is 0 Å². The number of fused-ring (bicyclic) bond motifs is 3. The summed E-state index contributed by atoms with van der Waals surface area (Å²) in [6.07, 6.45) is 7.75. The van der Waals surface area contributed by atoms with E-state index in [1.807, 2.05) is 0 Å². The van der Waals surface area contributed by atoms with E-state index in [-0.39, 0.29) is 0 Å². The first-order valence-electron chi connectivity index (χ1n) is 8.52. The summed E-state index contributed by atoms with van der Waals surface area (Å²) in [4.78, 5) is 3.46. The number of para-hydroxylation sites is 1. The molecule has 22 heavy (non-hydrogen) atoms. The molecule has 0 atom stereocenters. The smallest absolute Gasteiger partial charge is 0.129 e. The zero-order valence-electron chi connectivity index (χ0n) is 13.4. The number of benzene rings is 2. The predicted molar refractivity (Wildman–Crippen MR) is 94.7 cm³/mol. The van der Waals surface area contributed by atoms with Crippen molar-refractivity contribution in [1.82, 2.24) is 4.98 Å². The minimum absolute atomic E-state index is 0.810. The topological polar surface area (TPSA) is 25.0 Å². The molecule has 0 saturated heterocycles. The van der Waals surface area contributed by atoms with Crippen molar-refractivity contribution in [3.63, 3.8) is 0 Å². The molecule has 2 heteroatoms. The second-order valence-electron chi connectivity index (χ2n) is 5.97. The zero-order valence-corrected chi connectivity index (χ0v) is 13.4. The average molecular weight is 295 g/mol. The summed E-state index contributed by atoms with van der Waals surface area (Å²) in [6, 6.07) is 14.7. The highest BCUT2D eigenvalue weighted by atomic mass is 16.5. The Morgan fingerprint density at radius 3 is 2.50 bits per heavy atom. The largest absolute Gasteiger partial charge is 0.493 e. The molecule has 0 fully saturated rings. The first-order chi connectivity index (χ1) is 10.9. The van der Waals surface area contributed by atoms with Gasteiger partial charge >= 0.3 is 0 Å². The summed E-state index contributed by atoms with van der Waals surface area (Å²) in [5.74, 6) is 1.00. The first-order valence-corrected chi connectivity index (χ1v) is 8.52. The van der Waals surface area contributed by atoms with Gasteiger partial charge in [-0.3, -0.25) is 0 Å². The first kappa shape index (κ1) is 15.0. The highest BCUT2D eigenvalue weighted by Gasteiger charge is 2.08. The summed E-state index contributed by atoms with van der Waals surface area (Å²) < 4.78 is 6.07. The van der Waals surface area contributed by atoms with Gasteiger partial charge in [-0.2, -0.15) is 0 Å². The molecule has 0 aliphatic rings. The normalized spacial score (nSPS) is 11.3. The Morgan fingerprint density at radius 1 is 0.818 bits per heavy atom. The minimum Gasteiger partial charge on any atom is -0.493 e. The number of H-pyrrole nitrogens is 1. The molecule has 1 aromatic heterocycles. The monoisotopic (exact) mass is 295 g/mol. The van der Waals surface area contributed by atoms with Crippen LogP contribution >= 0.6 is 0 Å². The van der Waals surface area contributed by atoms with Gasteiger partial charge in [0.1, 0.15) is 5.75 Å². The number of ether oxygens (including phenoxy) is 1. The lowest BCUT2D eigenvalue weighted by atomic mass is 10.1. The van der Waals surface area contributed by atoms with Crippen LogP contribution in [-0.4, -0.2) is 11.6 Å². The van der Waals surface area contributed by atoms with Crippen LogP contribution in [-0.2, 0) is 0 Å². The molecule has 3 rings (SSSR count). The summed E-state index contributed by atoms with van der Waals surface area (Å²) in [5, 5.41) is 2.46. The van der Waals surface area contributed by atoms with Gasteiger partial charge in [0.2, 0.25) is 0 Å². The van der Waals surface area contributed by atoms with Crippen molar-refractivity contribution in [1.29, 1.82) is 0 Å². The Hall–Kier alpha value is -1.96. The van der Waals surface area contributed by atoms with E-state index in [1.54, 1.807) is 0 Å². The number of unbranched alkanes of at least 4 members (excludes halogenated alkanes) is 5. The fourth-order valence-electron chi connectivity index (χ4n) is 3.05. The lowest BCUT2D eigenvalue weighted by Crippen LogP contribution is -1.97. The lowest BCUT2D eigenvalue weighted by Gasteiger charge is -2.08. The lowest BCUT2D eigenvalue weighted by molar-refractivity contribution is 0.308. The third-order valence-electron chi connectivity index (χ3n) is 4.25. The Labute approximate surface area is 132 Å². The molecule has 0 bridgehead atoms. The number of nitrogens with one attached hydrogen (secondary N) is 1. The van der Waals surface area contributed by atoms with Crippen LogP contribution < -0.4 is 4.74 Å². The highest BCUT2D eigenvalue weighted by Crippen LogP contribution is 2.32. The van der Waals surface area contributed by atoms with Crippen molar-refractivity contribution in [3.05, 3.63) is 42.5 Å². The van der Waals surface area contributed by atoms with E-state index < -0.39 is 0 Å². The fraction of sp³-hybridized carbons (Fsp3) is 0.400. The number of rotatable bonds is 8. The van der Waals surface area contributed by atoms with Crippen molar-refractivity contribution in [2.45, 2.75) is 45.4 Å². The van der Waals surface area contributed by atoms with Crippen LogP contribution in [0.5, 0.6) is 5.75 Å². The number of aromatic nitrogens is 1. The van der Waals surface area contributed by atoms with Crippen molar-refractivity contribution in [2.24, 2.45) is 0 Å². The van der Waals surface area contributed by atoms with E-state index in [4.69, 9.17) is 4.74 Å². The van der Waals surface area contributed by atoms with Gasteiger partial charge in [0, 0.05) is 16.3 Å². The Morgan fingerprint density at radius 2 is 1.59 bits per heavy atom. The van der Waals surface area contributed by atoms with E-state index in [0.717, 1.165) is 24.3 Å². The molecule has 0 aliphatic heterocycles. The van der Waals surface area contributed by atoms with E-state index in [0.29, 0.717) is 0 Å². The maximum Gasteiger partial charge on any atom is 0.129 e. The summed E-state index contributed by atoms with van der Waals surface area (Å²) >= 11 is 0. The van der Waals surface area contributed by atoms with Crippen molar-refractivity contribution < 1.29 is 4.74 Å². The summed E-state index contributed by atoms with van der Waals surface area (Å²) in [5.41, 5.74) is 2.33. The molecule has 3 aromatic rings. The molecule has 0 unspecified atom stereocenters. The van der Waals surface area contributed by atoms with Gasteiger partial charge in [-0.05, 0) is 24.6 Å². The Kier molecular flexibility index (Phi) is 4.99. The number of aromatic amines is 1. The average Bonchev–Trinajstić information content (AvgIpc) is 2.93. The summed E-state index contributed by atoms with van der Waals surface area (Å²) in [7, 11) is 0. The number of hydrogen-bond acceptors (Lipinski definition) is 1.